The van der Waals surface area contributed by atoms with Crippen molar-refractivity contribution in [2.75, 3.05) is 0 Å². The Kier molecular flexibility index (Phi) is 5.27. The van der Waals surface area contributed by atoms with Crippen LogP contribution in [-0.4, -0.2) is 41.6 Å². The molecule has 3 aromatic carbocycles. The molecule has 4 aromatic rings. The van der Waals surface area contributed by atoms with Crippen LogP contribution >= 0.6 is 0 Å². The first-order valence-electron chi connectivity index (χ1n) is 9.03. The van der Waals surface area contributed by atoms with E-state index in [1.807, 2.05) is 0 Å². The van der Waals surface area contributed by atoms with E-state index in [1.54, 1.807) is 66.7 Å². The summed E-state index contributed by atoms with van der Waals surface area (Å²) in [6, 6.07) is 18.5. The van der Waals surface area contributed by atoms with Gasteiger partial charge in [0.25, 0.3) is 0 Å². The number of hydrogen-bond donors (Lipinski definition) is 3. The average molecular weight is 463 g/mol. The second-order valence-corrected chi connectivity index (χ2v) is 8.86. The molecule has 148 valence electrons. The molecule has 0 aliphatic heterocycles. The summed E-state index contributed by atoms with van der Waals surface area (Å²) in [6.45, 7) is 0. The number of ketones is 1. The molecule has 0 atom stereocenters. The Morgan fingerprint density at radius 2 is 1.50 bits per heavy atom. The fourth-order valence-corrected chi connectivity index (χ4v) is 5.78. The molecule has 0 spiro atoms. The molecule has 4 rings (SSSR count). The molecule has 0 aliphatic rings. The molecule has 0 saturated carbocycles. The van der Waals surface area contributed by atoms with Gasteiger partial charge in [-0.2, -0.15) is 0 Å². The Bertz CT molecular complexity index is 1280. The van der Waals surface area contributed by atoms with E-state index >= 15 is 0 Å². The zero-order valence-electron chi connectivity index (χ0n) is 15.6. The Morgan fingerprint density at radius 3 is 2.17 bits per heavy atom. The molecule has 1 aromatic heterocycles. The summed E-state index contributed by atoms with van der Waals surface area (Å²) in [4.78, 5) is 24.1. The summed E-state index contributed by atoms with van der Waals surface area (Å²) >= 11 is -0.180. The van der Waals surface area contributed by atoms with Gasteiger partial charge in [0.15, 0.2) is 0 Å². The third kappa shape index (κ3) is 3.92. The van der Waals surface area contributed by atoms with Gasteiger partial charge in [0.05, 0.1) is 0 Å². The first-order chi connectivity index (χ1) is 14.4. The molecule has 0 bridgehead atoms. The van der Waals surface area contributed by atoms with Crippen LogP contribution in [0.4, 0.5) is 0 Å². The predicted molar refractivity (Wildman–Crippen MR) is 116 cm³/mol. The van der Waals surface area contributed by atoms with Crippen LogP contribution in [0.2, 0.25) is 0 Å². The van der Waals surface area contributed by atoms with Gasteiger partial charge in [-0.05, 0) is 0 Å². The molecule has 0 aliphatic carbocycles. The number of aromatic hydroxyl groups is 2. The van der Waals surface area contributed by atoms with Gasteiger partial charge in [0.2, 0.25) is 0 Å². The number of hydrogen-bond acceptors (Lipinski definition) is 4. The van der Waals surface area contributed by atoms with E-state index in [9.17, 15) is 19.8 Å². The van der Waals surface area contributed by atoms with Crippen LogP contribution < -0.4 is 0 Å². The van der Waals surface area contributed by atoms with Crippen molar-refractivity contribution in [3.63, 3.8) is 0 Å². The van der Waals surface area contributed by atoms with Crippen molar-refractivity contribution in [3.05, 3.63) is 89.5 Å². The molecule has 30 heavy (non-hydrogen) atoms. The molecular weight excluding hydrogens is 447 g/mol. The van der Waals surface area contributed by atoms with Crippen molar-refractivity contribution >= 4 is 42.0 Å². The summed E-state index contributed by atoms with van der Waals surface area (Å²) < 4.78 is 1.82. The number of phenolic OH excluding ortho intramolecular Hbond substituents is 2. The molecular formula is C24H16O5Se. The summed E-state index contributed by atoms with van der Waals surface area (Å²) in [5.41, 5.74) is 2.62. The Hall–Kier alpha value is -3.60. The quantitative estimate of drug-likeness (QED) is 0.233. The summed E-state index contributed by atoms with van der Waals surface area (Å²) in [5.74, 6) is -0.869. The number of phenols is 2. The topological polar surface area (TPSA) is 94.8 Å². The van der Waals surface area contributed by atoms with Crippen LogP contribution in [0, 0.1) is 0 Å². The molecule has 0 fully saturated rings. The molecule has 6 heteroatoms. The maximum absolute atomic E-state index is 13.5. The van der Waals surface area contributed by atoms with Crippen molar-refractivity contribution in [1.29, 1.82) is 0 Å². The predicted octanol–water partition coefficient (Wildman–Crippen LogP) is 4.30. The summed E-state index contributed by atoms with van der Waals surface area (Å²) in [6.07, 6.45) is 2.51. The van der Waals surface area contributed by atoms with Gasteiger partial charge < -0.3 is 0 Å². The molecule has 0 amide bonds. The minimum atomic E-state index is -1.04. The fraction of sp³-hybridized carbons (Fsp3) is 0. The number of fused-ring (bicyclic) bond motifs is 1. The number of carbonyl (C=O) groups is 2. The van der Waals surface area contributed by atoms with E-state index in [0.717, 1.165) is 25.7 Å². The van der Waals surface area contributed by atoms with Gasteiger partial charge in [-0.1, -0.05) is 0 Å². The number of carbonyl (C=O) groups excluding carboxylic acids is 1. The monoisotopic (exact) mass is 464 g/mol. The van der Waals surface area contributed by atoms with Crippen LogP contribution in [0.15, 0.2) is 72.8 Å². The van der Waals surface area contributed by atoms with E-state index in [2.05, 4.69) is 0 Å². The first kappa shape index (κ1) is 19.7. The number of benzene rings is 3. The zero-order valence-corrected chi connectivity index (χ0v) is 17.3. The van der Waals surface area contributed by atoms with Crippen LogP contribution in [0.1, 0.15) is 21.5 Å². The second kappa shape index (κ2) is 8.03. The van der Waals surface area contributed by atoms with Crippen molar-refractivity contribution < 1.29 is 24.9 Å². The number of rotatable bonds is 5. The molecule has 5 nitrogen and oxygen atoms in total. The number of carboxylic acids is 1. The van der Waals surface area contributed by atoms with Gasteiger partial charge in [-0.3, -0.25) is 0 Å². The van der Waals surface area contributed by atoms with Crippen molar-refractivity contribution in [2.24, 2.45) is 0 Å². The fourth-order valence-electron chi connectivity index (χ4n) is 3.18. The standard InChI is InChI=1S/C24H16O5Se/c25-17-8-6-16(7-9-17)24-22(19-11-10-18(26)13-20(19)30-24)23(29)15-4-1-14(2-5-15)3-12-21(27)28/h1-13,25-26H,(H,27,28)/b12-3+. The van der Waals surface area contributed by atoms with E-state index in [1.165, 1.54) is 6.08 Å². The molecule has 3 N–H and O–H groups in total. The van der Waals surface area contributed by atoms with Gasteiger partial charge >= 0.3 is 178 Å². The van der Waals surface area contributed by atoms with Gasteiger partial charge in [-0.15, -0.1) is 0 Å². The Morgan fingerprint density at radius 1 is 0.833 bits per heavy atom. The zero-order chi connectivity index (χ0) is 21.3. The van der Waals surface area contributed by atoms with Crippen LogP contribution in [-0.2, 0) is 4.79 Å². The molecule has 1 heterocycles. The van der Waals surface area contributed by atoms with E-state index in [4.69, 9.17) is 5.11 Å². The van der Waals surface area contributed by atoms with Crippen LogP contribution in [0.25, 0.3) is 25.7 Å². The van der Waals surface area contributed by atoms with Crippen molar-refractivity contribution in [1.82, 2.24) is 0 Å². The van der Waals surface area contributed by atoms with Crippen LogP contribution in [0.5, 0.6) is 11.5 Å². The molecule has 0 saturated heterocycles. The average Bonchev–Trinajstić information content (AvgIpc) is 3.11. The van der Waals surface area contributed by atoms with Gasteiger partial charge in [0, 0.05) is 0 Å². The Labute approximate surface area is 177 Å². The summed E-state index contributed by atoms with van der Waals surface area (Å²) in [7, 11) is 0. The van der Waals surface area contributed by atoms with Gasteiger partial charge in [0.1, 0.15) is 0 Å². The Balaban J connectivity index is 1.82. The van der Waals surface area contributed by atoms with Crippen LogP contribution in [0.3, 0.4) is 0 Å². The minimum absolute atomic E-state index is 0.141. The van der Waals surface area contributed by atoms with Crippen molar-refractivity contribution in [2.45, 2.75) is 0 Å². The maximum atomic E-state index is 13.5. The normalized spacial score (nSPS) is 11.2. The van der Waals surface area contributed by atoms with E-state index in [-0.39, 0.29) is 31.8 Å². The van der Waals surface area contributed by atoms with E-state index < -0.39 is 5.97 Å². The molecule has 0 unspecified atom stereocenters. The third-order valence-electron chi connectivity index (χ3n) is 4.62. The number of carboxylic acid groups (broad SMARTS) is 1. The second-order valence-electron chi connectivity index (χ2n) is 6.66. The molecule has 0 radical (unpaired) electrons. The van der Waals surface area contributed by atoms with Crippen molar-refractivity contribution in [3.8, 4) is 21.5 Å². The SMILES string of the molecule is O=C(O)/C=C/c1ccc(C(=O)c2c(-c3ccc(O)cc3)[se]c3cc(O)ccc23)cc1. The number of aliphatic carboxylic acids is 1. The first-order valence-corrected chi connectivity index (χ1v) is 10.7. The van der Waals surface area contributed by atoms with Gasteiger partial charge in [-0.25, -0.2) is 0 Å². The third-order valence-corrected chi connectivity index (χ3v) is 7.14. The summed E-state index contributed by atoms with van der Waals surface area (Å²) in [5, 5.41) is 29.0. The van der Waals surface area contributed by atoms with E-state index in [0.29, 0.717) is 16.7 Å².